The van der Waals surface area contributed by atoms with Gasteiger partial charge in [-0.25, -0.2) is 0 Å². The fourth-order valence-corrected chi connectivity index (χ4v) is 1.81. The first-order valence-electron chi connectivity index (χ1n) is 6.18. The lowest BCUT2D eigenvalue weighted by Crippen LogP contribution is -2.28. The van der Waals surface area contributed by atoms with Crippen LogP contribution >= 0.6 is 0 Å². The number of rotatable bonds is 4. The highest BCUT2D eigenvalue weighted by molar-refractivity contribution is 5.93. The van der Waals surface area contributed by atoms with Gasteiger partial charge < -0.3 is 10.3 Å². The Morgan fingerprint density at radius 2 is 2.14 bits per heavy atom. The van der Waals surface area contributed by atoms with Crippen LogP contribution in [0.15, 0.2) is 41.3 Å². The van der Waals surface area contributed by atoms with Crippen LogP contribution in [0.1, 0.15) is 21.6 Å². The average Bonchev–Trinajstić information content (AvgIpc) is 2.45. The van der Waals surface area contributed by atoms with Crippen molar-refractivity contribution >= 4 is 11.6 Å². The minimum absolute atomic E-state index is 0.00558. The van der Waals surface area contributed by atoms with Gasteiger partial charge in [0.25, 0.3) is 11.6 Å². The van der Waals surface area contributed by atoms with Gasteiger partial charge in [-0.15, -0.1) is 0 Å². The van der Waals surface area contributed by atoms with Gasteiger partial charge in [0.05, 0.1) is 4.92 Å². The summed E-state index contributed by atoms with van der Waals surface area (Å²) in [6.07, 6.45) is 1.35. The predicted molar refractivity (Wildman–Crippen MR) is 76.1 cm³/mol. The quantitative estimate of drug-likeness (QED) is 0.657. The number of carbonyl (C=O) groups excluding carboxylic acids is 1. The summed E-state index contributed by atoms with van der Waals surface area (Å²) in [7, 11) is 0. The smallest absolute Gasteiger partial charge is 0.269 e. The Morgan fingerprint density at radius 1 is 1.38 bits per heavy atom. The minimum atomic E-state index is -0.525. The monoisotopic (exact) mass is 287 g/mol. The fourth-order valence-electron chi connectivity index (χ4n) is 1.81. The molecular weight excluding hydrogens is 274 g/mol. The van der Waals surface area contributed by atoms with E-state index in [-0.39, 0.29) is 23.2 Å². The van der Waals surface area contributed by atoms with Gasteiger partial charge >= 0.3 is 0 Å². The second kappa shape index (κ2) is 6.00. The van der Waals surface area contributed by atoms with Crippen LogP contribution in [0.3, 0.4) is 0 Å². The van der Waals surface area contributed by atoms with Crippen LogP contribution in [-0.4, -0.2) is 15.8 Å². The molecule has 108 valence electrons. The number of hydrogen-bond donors (Lipinski definition) is 2. The number of aryl methyl sites for hydroxylation is 1. The number of aromatic nitrogens is 1. The molecule has 1 aromatic heterocycles. The van der Waals surface area contributed by atoms with Crippen molar-refractivity contribution in [3.63, 3.8) is 0 Å². The largest absolute Gasteiger partial charge is 0.364 e. The first-order chi connectivity index (χ1) is 9.97. The van der Waals surface area contributed by atoms with E-state index < -0.39 is 10.8 Å². The lowest BCUT2D eigenvalue weighted by atomic mass is 10.2. The van der Waals surface area contributed by atoms with Crippen LogP contribution in [0, 0.1) is 17.0 Å². The Morgan fingerprint density at radius 3 is 2.81 bits per heavy atom. The molecule has 21 heavy (non-hydrogen) atoms. The second-order valence-corrected chi connectivity index (χ2v) is 4.50. The van der Waals surface area contributed by atoms with E-state index in [1.807, 2.05) is 0 Å². The van der Waals surface area contributed by atoms with Crippen molar-refractivity contribution < 1.29 is 9.72 Å². The summed E-state index contributed by atoms with van der Waals surface area (Å²) in [5, 5.41) is 13.2. The number of H-pyrrole nitrogens is 1. The molecule has 1 aromatic carbocycles. The number of hydrogen-bond acceptors (Lipinski definition) is 4. The molecule has 0 spiro atoms. The van der Waals surface area contributed by atoms with Gasteiger partial charge in [-0.3, -0.25) is 19.7 Å². The minimum Gasteiger partial charge on any atom is -0.364 e. The highest BCUT2D eigenvalue weighted by Gasteiger charge is 2.11. The van der Waals surface area contributed by atoms with E-state index in [1.54, 1.807) is 13.0 Å². The zero-order valence-electron chi connectivity index (χ0n) is 11.3. The molecule has 0 aliphatic carbocycles. The van der Waals surface area contributed by atoms with E-state index in [9.17, 15) is 19.7 Å². The Kier molecular flexibility index (Phi) is 4.13. The molecule has 1 heterocycles. The molecule has 0 atom stereocenters. The van der Waals surface area contributed by atoms with Gasteiger partial charge in [0.2, 0.25) is 0 Å². The van der Waals surface area contributed by atoms with Gasteiger partial charge in [0.1, 0.15) is 5.56 Å². The molecule has 1 amide bonds. The van der Waals surface area contributed by atoms with E-state index in [4.69, 9.17) is 0 Å². The summed E-state index contributed by atoms with van der Waals surface area (Å²) in [5.41, 5.74) is 0.833. The maximum absolute atomic E-state index is 11.9. The zero-order valence-corrected chi connectivity index (χ0v) is 11.3. The Bertz CT molecular complexity index is 752. The number of benzene rings is 1. The van der Waals surface area contributed by atoms with Crippen molar-refractivity contribution in [3.8, 4) is 0 Å². The summed E-state index contributed by atoms with van der Waals surface area (Å²) >= 11 is 0. The van der Waals surface area contributed by atoms with Crippen molar-refractivity contribution in [2.75, 3.05) is 0 Å². The zero-order chi connectivity index (χ0) is 15.4. The molecular formula is C14H13N3O4. The maximum Gasteiger partial charge on any atom is 0.269 e. The molecule has 0 saturated carbocycles. The summed E-state index contributed by atoms with van der Waals surface area (Å²) in [6.45, 7) is 1.82. The molecule has 0 bridgehead atoms. The molecule has 2 aromatic rings. The van der Waals surface area contributed by atoms with Crippen LogP contribution in [0.25, 0.3) is 0 Å². The van der Waals surface area contributed by atoms with Gasteiger partial charge in [-0.2, -0.15) is 0 Å². The van der Waals surface area contributed by atoms with Crippen LogP contribution in [0.4, 0.5) is 5.69 Å². The number of pyridine rings is 1. The number of amides is 1. The van der Waals surface area contributed by atoms with Crippen molar-refractivity contribution in [1.29, 1.82) is 0 Å². The van der Waals surface area contributed by atoms with Crippen LogP contribution in [0.5, 0.6) is 0 Å². The maximum atomic E-state index is 11.9. The molecule has 0 radical (unpaired) electrons. The molecule has 0 aliphatic rings. The van der Waals surface area contributed by atoms with Crippen LogP contribution in [-0.2, 0) is 6.54 Å². The highest BCUT2D eigenvalue weighted by Crippen LogP contribution is 2.12. The average molecular weight is 287 g/mol. The fraction of sp³-hybridized carbons (Fsp3) is 0.143. The first kappa shape index (κ1) is 14.4. The molecule has 2 N–H and O–H groups in total. The molecule has 7 nitrogen and oxygen atoms in total. The van der Waals surface area contributed by atoms with Gasteiger partial charge in [0, 0.05) is 36.6 Å². The van der Waals surface area contributed by atoms with Crippen LogP contribution < -0.4 is 10.7 Å². The van der Waals surface area contributed by atoms with Crippen molar-refractivity contribution in [2.45, 2.75) is 13.5 Å². The summed E-state index contributed by atoms with van der Waals surface area (Å²) in [5.74, 6) is -0.525. The SMILES string of the molecule is Cc1cc(=O)c(C(=O)NCc2cccc([N+](=O)[O-])c2)c[nH]1. The molecule has 0 unspecified atom stereocenters. The van der Waals surface area contributed by atoms with Crippen LogP contribution in [0.2, 0.25) is 0 Å². The molecule has 7 heteroatoms. The van der Waals surface area contributed by atoms with Gasteiger partial charge in [0.15, 0.2) is 5.43 Å². The van der Waals surface area contributed by atoms with Crippen molar-refractivity contribution in [1.82, 2.24) is 10.3 Å². The third-order valence-electron chi connectivity index (χ3n) is 2.88. The van der Waals surface area contributed by atoms with E-state index >= 15 is 0 Å². The van der Waals surface area contributed by atoms with E-state index in [2.05, 4.69) is 10.3 Å². The third-order valence-corrected chi connectivity index (χ3v) is 2.88. The van der Waals surface area contributed by atoms with Gasteiger partial charge in [-0.05, 0) is 12.5 Å². The Balaban J connectivity index is 2.09. The molecule has 0 saturated heterocycles. The van der Waals surface area contributed by atoms with Gasteiger partial charge in [-0.1, -0.05) is 12.1 Å². The van der Waals surface area contributed by atoms with E-state index in [0.29, 0.717) is 11.3 Å². The first-order valence-corrected chi connectivity index (χ1v) is 6.18. The normalized spacial score (nSPS) is 10.1. The van der Waals surface area contributed by atoms with E-state index in [1.165, 1.54) is 30.5 Å². The number of aromatic amines is 1. The number of nitro benzene ring substituents is 1. The number of nitrogens with one attached hydrogen (secondary N) is 2. The summed E-state index contributed by atoms with van der Waals surface area (Å²) < 4.78 is 0. The lowest BCUT2D eigenvalue weighted by Gasteiger charge is -2.05. The second-order valence-electron chi connectivity index (χ2n) is 4.50. The molecule has 2 rings (SSSR count). The van der Waals surface area contributed by atoms with Crippen molar-refractivity contribution in [2.24, 2.45) is 0 Å². The number of nitrogens with zero attached hydrogens (tertiary/aromatic N) is 1. The topological polar surface area (TPSA) is 105 Å². The number of non-ortho nitro benzene ring substituents is 1. The Labute approximate surface area is 119 Å². The Hall–Kier alpha value is -2.96. The van der Waals surface area contributed by atoms with Crippen molar-refractivity contribution in [3.05, 3.63) is 73.7 Å². The molecule has 0 aliphatic heterocycles. The number of nitro groups is 1. The highest BCUT2D eigenvalue weighted by atomic mass is 16.6. The third kappa shape index (κ3) is 3.53. The molecule has 0 fully saturated rings. The standard InChI is InChI=1S/C14H13N3O4/c1-9-5-13(18)12(8-15-9)14(19)16-7-10-3-2-4-11(6-10)17(20)21/h2-6,8H,7H2,1H3,(H,15,18)(H,16,19). The lowest BCUT2D eigenvalue weighted by molar-refractivity contribution is -0.384. The summed E-state index contributed by atoms with van der Waals surface area (Å²) in [4.78, 5) is 36.5. The number of carbonyl (C=O) groups is 1. The predicted octanol–water partition coefficient (Wildman–Crippen LogP) is 1.52. The summed E-state index contributed by atoms with van der Waals surface area (Å²) in [6, 6.07) is 7.28. The van der Waals surface area contributed by atoms with E-state index in [0.717, 1.165) is 0 Å².